The topological polar surface area (TPSA) is 123 Å². The highest BCUT2D eigenvalue weighted by Gasteiger charge is 2.42. The molecule has 26 heavy (non-hydrogen) atoms. The molecule has 2 atom stereocenters. The molecule has 0 radical (unpaired) electrons. The number of nitrogens with zero attached hydrogens (tertiary/aromatic N) is 2. The van der Waals surface area contributed by atoms with Crippen LogP contribution in [0, 0.1) is 5.92 Å². The summed E-state index contributed by atoms with van der Waals surface area (Å²) in [5, 5.41) is 4.09. The molecule has 0 spiro atoms. The third-order valence-electron chi connectivity index (χ3n) is 4.09. The Kier molecular flexibility index (Phi) is 5.44. The van der Waals surface area contributed by atoms with Gasteiger partial charge in [-0.25, -0.2) is 14.4 Å². The summed E-state index contributed by atoms with van der Waals surface area (Å²) in [5.74, 6) is -4.18. The van der Waals surface area contributed by atoms with Crippen LogP contribution in [0.25, 0.3) is 6.08 Å². The van der Waals surface area contributed by atoms with Crippen LogP contribution in [0.5, 0.6) is 0 Å². The molecule has 2 rings (SSSR count). The molecule has 0 fully saturated rings. The fourth-order valence-corrected chi connectivity index (χ4v) is 2.83. The van der Waals surface area contributed by atoms with Crippen molar-refractivity contribution in [2.24, 2.45) is 5.92 Å². The first-order valence-electron chi connectivity index (χ1n) is 7.49. The smallest absolute Gasteiger partial charge is 0.359 e. The molecule has 2 unspecified atom stereocenters. The van der Waals surface area contributed by atoms with Crippen molar-refractivity contribution in [2.45, 2.75) is 13.0 Å². The molecule has 0 aliphatic carbocycles. The highest BCUT2D eigenvalue weighted by molar-refractivity contribution is 6.07. The Morgan fingerprint density at radius 2 is 1.50 bits per heavy atom. The Balaban J connectivity index is 2.78. The van der Waals surface area contributed by atoms with Crippen LogP contribution in [-0.4, -0.2) is 62.1 Å². The van der Waals surface area contributed by atoms with Gasteiger partial charge in [0, 0.05) is 0 Å². The van der Waals surface area contributed by atoms with Gasteiger partial charge in [-0.2, -0.15) is 5.10 Å². The fourth-order valence-electron chi connectivity index (χ4n) is 2.83. The molecule has 0 saturated carbocycles. The predicted molar refractivity (Wildman–Crippen MR) is 85.1 cm³/mol. The van der Waals surface area contributed by atoms with Crippen LogP contribution in [0.15, 0.2) is 5.57 Å². The summed E-state index contributed by atoms with van der Waals surface area (Å²) in [4.78, 5) is 48.6. The Morgan fingerprint density at radius 3 is 2.00 bits per heavy atom. The van der Waals surface area contributed by atoms with Crippen molar-refractivity contribution in [3.05, 3.63) is 22.5 Å². The van der Waals surface area contributed by atoms with E-state index < -0.39 is 35.8 Å². The van der Waals surface area contributed by atoms with E-state index in [1.165, 1.54) is 17.9 Å². The van der Waals surface area contributed by atoms with Crippen LogP contribution < -0.4 is 0 Å². The number of methoxy groups -OCH3 is 4. The van der Waals surface area contributed by atoms with Gasteiger partial charge >= 0.3 is 23.9 Å². The fraction of sp³-hybridized carbons (Fsp3) is 0.438. The van der Waals surface area contributed by atoms with Gasteiger partial charge in [0.2, 0.25) is 0 Å². The average molecular weight is 366 g/mol. The Labute approximate surface area is 148 Å². The Hall–Kier alpha value is -3.17. The van der Waals surface area contributed by atoms with E-state index in [1.54, 1.807) is 6.92 Å². The maximum absolute atomic E-state index is 12.2. The zero-order valence-corrected chi connectivity index (χ0v) is 14.9. The highest BCUT2D eigenvalue weighted by atomic mass is 16.5. The van der Waals surface area contributed by atoms with Gasteiger partial charge in [-0.15, -0.1) is 0 Å². The van der Waals surface area contributed by atoms with Gasteiger partial charge in [0.1, 0.15) is 11.5 Å². The van der Waals surface area contributed by atoms with Crippen LogP contribution >= 0.6 is 0 Å². The maximum Gasteiger partial charge on any atom is 0.359 e. The monoisotopic (exact) mass is 366 g/mol. The van der Waals surface area contributed by atoms with Crippen LogP contribution in [0.3, 0.4) is 0 Å². The van der Waals surface area contributed by atoms with Gasteiger partial charge in [0.05, 0.1) is 45.7 Å². The summed E-state index contributed by atoms with van der Waals surface area (Å²) in [7, 11) is 4.62. The summed E-state index contributed by atoms with van der Waals surface area (Å²) in [6.45, 7) is 1.59. The minimum absolute atomic E-state index is 0.0270. The lowest BCUT2D eigenvalue weighted by atomic mass is 9.88. The third-order valence-corrected chi connectivity index (χ3v) is 4.09. The predicted octanol–water partition coefficient (Wildman–Crippen LogP) is 0.376. The minimum Gasteiger partial charge on any atom is -0.468 e. The van der Waals surface area contributed by atoms with Crippen molar-refractivity contribution in [2.75, 3.05) is 28.4 Å². The first-order valence-corrected chi connectivity index (χ1v) is 7.49. The number of fused-ring (bicyclic) bond motifs is 1. The summed E-state index contributed by atoms with van der Waals surface area (Å²) in [6, 6.07) is -0.738. The van der Waals surface area contributed by atoms with Crippen LogP contribution in [-0.2, 0) is 28.5 Å². The zero-order chi connectivity index (χ0) is 19.6. The molecule has 140 valence electrons. The second kappa shape index (κ2) is 7.38. The molecule has 0 saturated heterocycles. The van der Waals surface area contributed by atoms with E-state index >= 15 is 0 Å². The van der Waals surface area contributed by atoms with Gasteiger partial charge in [0.25, 0.3) is 0 Å². The number of hydrogen-bond acceptors (Lipinski definition) is 9. The largest absolute Gasteiger partial charge is 0.468 e. The number of aromatic nitrogens is 2. The van der Waals surface area contributed by atoms with E-state index in [2.05, 4.69) is 9.84 Å². The van der Waals surface area contributed by atoms with E-state index in [-0.39, 0.29) is 22.5 Å². The minimum atomic E-state index is -1.03. The molecule has 1 aliphatic heterocycles. The molecule has 1 aromatic rings. The molecule has 1 aromatic heterocycles. The summed E-state index contributed by atoms with van der Waals surface area (Å²) in [5.41, 5.74) is -0.353. The second-order valence-electron chi connectivity index (χ2n) is 5.37. The summed E-state index contributed by atoms with van der Waals surface area (Å²) in [6.07, 6.45) is 1.26. The SMILES string of the molecule is COC(=O)C1=Cc2c(C(=O)OC)c(C(=O)OC)nn2C(C)C1C(=O)OC. The summed E-state index contributed by atoms with van der Waals surface area (Å²) < 4.78 is 20.1. The first kappa shape index (κ1) is 19.2. The zero-order valence-electron chi connectivity index (χ0n) is 14.9. The number of hydrogen-bond donors (Lipinski definition) is 0. The molecule has 10 nitrogen and oxygen atoms in total. The van der Waals surface area contributed by atoms with E-state index in [1.807, 2.05) is 0 Å². The van der Waals surface area contributed by atoms with Gasteiger partial charge in [0.15, 0.2) is 5.69 Å². The van der Waals surface area contributed by atoms with Crippen LogP contribution in [0.1, 0.15) is 39.5 Å². The molecule has 0 N–H and O–H groups in total. The van der Waals surface area contributed by atoms with Crippen molar-refractivity contribution in [1.29, 1.82) is 0 Å². The summed E-state index contributed by atoms with van der Waals surface area (Å²) >= 11 is 0. The number of ether oxygens (including phenoxy) is 4. The van der Waals surface area contributed by atoms with Gasteiger partial charge in [-0.05, 0) is 13.0 Å². The molecule has 0 aromatic carbocycles. The van der Waals surface area contributed by atoms with Crippen LogP contribution in [0.4, 0.5) is 0 Å². The lowest BCUT2D eigenvalue weighted by Gasteiger charge is -2.28. The van der Waals surface area contributed by atoms with Crippen molar-refractivity contribution in [3.63, 3.8) is 0 Å². The van der Waals surface area contributed by atoms with Crippen molar-refractivity contribution >= 4 is 30.0 Å². The number of carbonyl (C=O) groups is 4. The van der Waals surface area contributed by atoms with E-state index in [4.69, 9.17) is 14.2 Å². The van der Waals surface area contributed by atoms with Crippen LogP contribution in [0.2, 0.25) is 0 Å². The molecule has 10 heteroatoms. The molecule has 1 aliphatic rings. The van der Waals surface area contributed by atoms with Gasteiger partial charge < -0.3 is 18.9 Å². The van der Waals surface area contributed by atoms with Gasteiger partial charge in [-0.3, -0.25) is 9.48 Å². The Bertz CT molecular complexity index is 807. The molecule has 0 bridgehead atoms. The van der Waals surface area contributed by atoms with E-state index in [9.17, 15) is 19.2 Å². The van der Waals surface area contributed by atoms with Crippen molar-refractivity contribution in [3.8, 4) is 0 Å². The molecular formula is C16H18N2O8. The van der Waals surface area contributed by atoms with Crippen molar-refractivity contribution < 1.29 is 38.1 Å². The first-order chi connectivity index (χ1) is 12.3. The normalized spacial score (nSPS) is 18.3. The van der Waals surface area contributed by atoms with E-state index in [0.717, 1.165) is 21.3 Å². The lowest BCUT2D eigenvalue weighted by Crippen LogP contribution is -2.34. The highest BCUT2D eigenvalue weighted by Crippen LogP contribution is 2.37. The third kappa shape index (κ3) is 2.93. The quantitative estimate of drug-likeness (QED) is 0.549. The maximum atomic E-state index is 12.2. The van der Waals surface area contributed by atoms with Crippen molar-refractivity contribution in [1.82, 2.24) is 9.78 Å². The number of carbonyl (C=O) groups excluding carboxylic acids is 4. The van der Waals surface area contributed by atoms with E-state index in [0.29, 0.717) is 0 Å². The average Bonchev–Trinajstić information content (AvgIpc) is 3.05. The molecule has 2 heterocycles. The second-order valence-corrected chi connectivity index (χ2v) is 5.37. The van der Waals surface area contributed by atoms with Gasteiger partial charge in [-0.1, -0.05) is 0 Å². The Morgan fingerprint density at radius 1 is 0.923 bits per heavy atom. The molecule has 0 amide bonds. The number of esters is 4. The lowest BCUT2D eigenvalue weighted by molar-refractivity contribution is -0.148. The molecular weight excluding hydrogens is 348 g/mol. The standard InChI is InChI=1S/C16H18N2O8/c1-7-10(14(20)24-3)8(13(19)23-2)6-9-11(15(21)25-4)12(16(22)26-5)17-18(7)9/h6-7,10H,1-5H3. The number of rotatable bonds is 4.